The van der Waals surface area contributed by atoms with Crippen LogP contribution in [0.15, 0.2) is 36.9 Å². The number of carbonyl (C=O) groups excluding carboxylic acids is 1. The molecule has 21 heavy (non-hydrogen) atoms. The largest absolute Gasteiger partial charge is 0.333 e. The van der Waals surface area contributed by atoms with Crippen LogP contribution >= 0.6 is 0 Å². The van der Waals surface area contributed by atoms with Gasteiger partial charge in [0, 0.05) is 24.8 Å². The number of pyridine rings is 1. The van der Waals surface area contributed by atoms with Crippen LogP contribution in [0.2, 0.25) is 0 Å². The molecule has 4 rings (SSSR count). The molecule has 4 heterocycles. The van der Waals surface area contributed by atoms with Crippen molar-refractivity contribution in [1.29, 1.82) is 0 Å². The molecule has 0 spiro atoms. The van der Waals surface area contributed by atoms with Crippen LogP contribution < -0.4 is 0 Å². The summed E-state index contributed by atoms with van der Waals surface area (Å²) in [6.45, 7) is 1.98. The fourth-order valence-corrected chi connectivity index (χ4v) is 2.68. The Morgan fingerprint density at radius 1 is 1.29 bits per heavy atom. The molecule has 7 nitrogen and oxygen atoms in total. The molecular weight excluding hydrogens is 268 g/mol. The Bertz CT molecular complexity index is 805. The van der Waals surface area contributed by atoms with Gasteiger partial charge in [0.05, 0.1) is 24.7 Å². The van der Waals surface area contributed by atoms with Crippen LogP contribution in [-0.4, -0.2) is 41.7 Å². The van der Waals surface area contributed by atoms with Crippen LogP contribution in [0.1, 0.15) is 11.4 Å². The lowest BCUT2D eigenvalue weighted by Crippen LogP contribution is -2.39. The van der Waals surface area contributed by atoms with Gasteiger partial charge in [-0.1, -0.05) is 6.07 Å². The maximum absolute atomic E-state index is 12.5. The summed E-state index contributed by atoms with van der Waals surface area (Å²) < 4.78 is 3.77. The van der Waals surface area contributed by atoms with E-state index in [2.05, 4.69) is 15.3 Å². The summed E-state index contributed by atoms with van der Waals surface area (Å²) in [5.74, 6) is 0.942. The van der Waals surface area contributed by atoms with E-state index in [1.807, 2.05) is 33.9 Å². The van der Waals surface area contributed by atoms with Gasteiger partial charge in [0.2, 0.25) is 5.91 Å². The molecule has 0 saturated heterocycles. The summed E-state index contributed by atoms with van der Waals surface area (Å²) in [5, 5.41) is 12.2. The highest BCUT2D eigenvalue weighted by Crippen LogP contribution is 2.14. The van der Waals surface area contributed by atoms with E-state index in [0.29, 0.717) is 19.5 Å². The molecule has 106 valence electrons. The van der Waals surface area contributed by atoms with Crippen molar-refractivity contribution in [3.63, 3.8) is 0 Å². The third-order valence-corrected chi connectivity index (χ3v) is 3.84. The lowest BCUT2D eigenvalue weighted by Gasteiger charge is -2.27. The first-order chi connectivity index (χ1) is 10.3. The van der Waals surface area contributed by atoms with Crippen molar-refractivity contribution in [3.8, 4) is 0 Å². The van der Waals surface area contributed by atoms with Crippen LogP contribution in [0.25, 0.3) is 5.52 Å². The van der Waals surface area contributed by atoms with Crippen molar-refractivity contribution in [1.82, 2.24) is 29.3 Å². The van der Waals surface area contributed by atoms with E-state index in [1.54, 1.807) is 17.0 Å². The molecule has 0 aliphatic carbocycles. The van der Waals surface area contributed by atoms with Gasteiger partial charge < -0.3 is 9.47 Å². The highest BCUT2D eigenvalue weighted by molar-refractivity contribution is 5.81. The zero-order valence-corrected chi connectivity index (χ0v) is 11.4. The van der Waals surface area contributed by atoms with E-state index in [-0.39, 0.29) is 5.91 Å². The summed E-state index contributed by atoms with van der Waals surface area (Å²) >= 11 is 0. The van der Waals surface area contributed by atoms with Crippen molar-refractivity contribution in [3.05, 3.63) is 48.3 Å². The third-order valence-electron chi connectivity index (χ3n) is 3.84. The fourth-order valence-electron chi connectivity index (χ4n) is 2.68. The Kier molecular flexibility index (Phi) is 2.70. The molecule has 3 aromatic heterocycles. The number of rotatable bonds is 2. The topological polar surface area (TPSA) is 68.3 Å². The molecule has 0 saturated carbocycles. The van der Waals surface area contributed by atoms with Gasteiger partial charge in [0.25, 0.3) is 0 Å². The first-order valence-electron chi connectivity index (χ1n) is 6.87. The minimum Gasteiger partial charge on any atom is -0.333 e. The van der Waals surface area contributed by atoms with Gasteiger partial charge in [0.1, 0.15) is 6.33 Å². The first-order valence-corrected chi connectivity index (χ1v) is 6.87. The Labute approximate surface area is 120 Å². The number of nitrogens with zero attached hydrogens (tertiary/aromatic N) is 6. The average molecular weight is 282 g/mol. The molecule has 0 unspecified atom stereocenters. The van der Waals surface area contributed by atoms with Gasteiger partial charge >= 0.3 is 0 Å². The normalized spacial score (nSPS) is 14.4. The van der Waals surface area contributed by atoms with Gasteiger partial charge in [-0.3, -0.25) is 4.79 Å². The fraction of sp³-hybridized carbons (Fsp3) is 0.286. The molecule has 0 N–H and O–H groups in total. The molecule has 1 aliphatic heterocycles. The SMILES string of the molecule is O=C(Cc1cnn2ccccc12)N1CCn2cnnc2C1. The summed E-state index contributed by atoms with van der Waals surface area (Å²) in [7, 11) is 0. The van der Waals surface area contributed by atoms with Crippen molar-refractivity contribution in [2.45, 2.75) is 19.5 Å². The van der Waals surface area contributed by atoms with E-state index in [9.17, 15) is 4.79 Å². The number of amides is 1. The van der Waals surface area contributed by atoms with E-state index in [4.69, 9.17) is 0 Å². The number of aromatic nitrogens is 5. The van der Waals surface area contributed by atoms with E-state index in [0.717, 1.165) is 23.4 Å². The molecule has 0 radical (unpaired) electrons. The highest BCUT2D eigenvalue weighted by Gasteiger charge is 2.22. The minimum atomic E-state index is 0.100. The number of hydrogen-bond donors (Lipinski definition) is 0. The van der Waals surface area contributed by atoms with Crippen molar-refractivity contribution >= 4 is 11.4 Å². The summed E-state index contributed by atoms with van der Waals surface area (Å²) in [4.78, 5) is 14.3. The Morgan fingerprint density at radius 2 is 2.24 bits per heavy atom. The Balaban J connectivity index is 1.54. The second kappa shape index (κ2) is 4.69. The van der Waals surface area contributed by atoms with E-state index >= 15 is 0 Å². The van der Waals surface area contributed by atoms with Crippen molar-refractivity contribution in [2.24, 2.45) is 0 Å². The summed E-state index contributed by atoms with van der Waals surface area (Å²) in [5.41, 5.74) is 1.93. The van der Waals surface area contributed by atoms with E-state index < -0.39 is 0 Å². The molecule has 0 bridgehead atoms. The molecule has 0 atom stereocenters. The van der Waals surface area contributed by atoms with Gasteiger partial charge in [-0.15, -0.1) is 10.2 Å². The number of hydrogen-bond acceptors (Lipinski definition) is 4. The zero-order chi connectivity index (χ0) is 14.2. The lowest BCUT2D eigenvalue weighted by molar-refractivity contribution is -0.131. The number of fused-ring (bicyclic) bond motifs is 2. The van der Waals surface area contributed by atoms with Gasteiger partial charge in [-0.05, 0) is 12.1 Å². The second-order valence-electron chi connectivity index (χ2n) is 5.13. The molecule has 1 amide bonds. The molecule has 3 aromatic rings. The molecule has 0 fully saturated rings. The second-order valence-corrected chi connectivity index (χ2v) is 5.13. The summed E-state index contributed by atoms with van der Waals surface area (Å²) in [6.07, 6.45) is 5.72. The maximum Gasteiger partial charge on any atom is 0.227 e. The third kappa shape index (κ3) is 2.06. The molecular formula is C14H14N6O. The van der Waals surface area contributed by atoms with Crippen LogP contribution in [0.5, 0.6) is 0 Å². The quantitative estimate of drug-likeness (QED) is 0.687. The zero-order valence-electron chi connectivity index (χ0n) is 11.4. The van der Waals surface area contributed by atoms with Crippen LogP contribution in [0, 0.1) is 0 Å². The standard InChI is InChI=1S/C14H14N6O/c21-14(18-5-6-19-10-15-17-13(19)9-18)7-11-8-16-20-4-2-1-3-12(11)20/h1-4,8,10H,5-7,9H2. The number of carbonyl (C=O) groups is 1. The van der Waals surface area contributed by atoms with Gasteiger partial charge in [-0.2, -0.15) is 5.10 Å². The van der Waals surface area contributed by atoms with Gasteiger partial charge in [0.15, 0.2) is 5.82 Å². The van der Waals surface area contributed by atoms with Gasteiger partial charge in [-0.25, -0.2) is 4.52 Å². The average Bonchev–Trinajstić information content (AvgIpc) is 3.13. The van der Waals surface area contributed by atoms with Crippen LogP contribution in [0.4, 0.5) is 0 Å². The minimum absolute atomic E-state index is 0.100. The van der Waals surface area contributed by atoms with Crippen molar-refractivity contribution in [2.75, 3.05) is 6.54 Å². The Morgan fingerprint density at radius 3 is 3.19 bits per heavy atom. The van der Waals surface area contributed by atoms with Crippen LogP contribution in [-0.2, 0) is 24.3 Å². The smallest absolute Gasteiger partial charge is 0.227 e. The van der Waals surface area contributed by atoms with Crippen molar-refractivity contribution < 1.29 is 4.79 Å². The molecule has 7 heteroatoms. The monoisotopic (exact) mass is 282 g/mol. The molecule has 1 aliphatic rings. The highest BCUT2D eigenvalue weighted by atomic mass is 16.2. The first kappa shape index (κ1) is 12.1. The summed E-state index contributed by atoms with van der Waals surface area (Å²) in [6, 6.07) is 5.85. The predicted molar refractivity (Wildman–Crippen MR) is 74.3 cm³/mol. The Hall–Kier alpha value is -2.70. The van der Waals surface area contributed by atoms with E-state index in [1.165, 1.54) is 0 Å². The molecule has 0 aromatic carbocycles. The lowest BCUT2D eigenvalue weighted by atomic mass is 10.1. The predicted octanol–water partition coefficient (Wildman–Crippen LogP) is 0.511. The maximum atomic E-state index is 12.5. The van der Waals surface area contributed by atoms with Crippen LogP contribution in [0.3, 0.4) is 0 Å².